The molecule has 0 saturated carbocycles. The van der Waals surface area contributed by atoms with Gasteiger partial charge in [0.2, 0.25) is 5.91 Å². The van der Waals surface area contributed by atoms with Crippen LogP contribution in [0.5, 0.6) is 0 Å². The van der Waals surface area contributed by atoms with Crippen molar-refractivity contribution in [2.24, 2.45) is 7.05 Å². The lowest BCUT2D eigenvalue weighted by molar-refractivity contribution is -0.121. The zero-order valence-electron chi connectivity index (χ0n) is 12.0. The number of rotatable bonds is 7. The van der Waals surface area contributed by atoms with Gasteiger partial charge in [-0.2, -0.15) is 5.10 Å². The van der Waals surface area contributed by atoms with Gasteiger partial charge in [0.15, 0.2) is 0 Å². The van der Waals surface area contributed by atoms with Gasteiger partial charge in [0.25, 0.3) is 0 Å². The Morgan fingerprint density at radius 1 is 1.39 bits per heavy atom. The molecule has 1 heterocycles. The lowest BCUT2D eigenvalue weighted by Crippen LogP contribution is -2.36. The molecule has 0 bridgehead atoms. The molecule has 0 aromatic carbocycles. The van der Waals surface area contributed by atoms with Crippen molar-refractivity contribution in [2.75, 3.05) is 0 Å². The standard InChI is InChI=1S/C14H25N3O/c1-5-7-12(8-6-2)15-14(18)10-13-9-11(3)16-17(13)4/h9,12H,5-8,10H2,1-4H3,(H,15,18). The molecule has 0 spiro atoms. The van der Waals surface area contributed by atoms with E-state index in [0.717, 1.165) is 37.1 Å². The van der Waals surface area contributed by atoms with Gasteiger partial charge >= 0.3 is 0 Å². The van der Waals surface area contributed by atoms with Gasteiger partial charge in [-0.15, -0.1) is 0 Å². The summed E-state index contributed by atoms with van der Waals surface area (Å²) in [4.78, 5) is 12.0. The van der Waals surface area contributed by atoms with Crippen LogP contribution in [-0.2, 0) is 18.3 Å². The van der Waals surface area contributed by atoms with Gasteiger partial charge in [0.1, 0.15) is 0 Å². The van der Waals surface area contributed by atoms with Crippen LogP contribution in [0, 0.1) is 6.92 Å². The molecule has 1 N–H and O–H groups in total. The molecule has 0 aliphatic carbocycles. The third-order valence-corrected chi connectivity index (χ3v) is 3.08. The number of nitrogens with one attached hydrogen (secondary N) is 1. The third kappa shape index (κ3) is 4.51. The molecule has 1 aromatic rings. The molecule has 0 aliphatic heterocycles. The van der Waals surface area contributed by atoms with E-state index in [1.165, 1.54) is 0 Å². The van der Waals surface area contributed by atoms with E-state index in [2.05, 4.69) is 24.3 Å². The second-order valence-electron chi connectivity index (χ2n) is 4.92. The first-order valence-corrected chi connectivity index (χ1v) is 6.85. The van der Waals surface area contributed by atoms with Crippen LogP contribution < -0.4 is 5.32 Å². The Hall–Kier alpha value is -1.32. The molecule has 4 nitrogen and oxygen atoms in total. The van der Waals surface area contributed by atoms with E-state index in [-0.39, 0.29) is 5.91 Å². The van der Waals surface area contributed by atoms with E-state index >= 15 is 0 Å². The zero-order chi connectivity index (χ0) is 13.5. The summed E-state index contributed by atoms with van der Waals surface area (Å²) in [5.74, 6) is 0.102. The van der Waals surface area contributed by atoms with E-state index in [0.29, 0.717) is 12.5 Å². The van der Waals surface area contributed by atoms with E-state index in [1.54, 1.807) is 4.68 Å². The first-order valence-electron chi connectivity index (χ1n) is 6.85. The minimum Gasteiger partial charge on any atom is -0.353 e. The fourth-order valence-electron chi connectivity index (χ4n) is 2.26. The summed E-state index contributed by atoms with van der Waals surface area (Å²) in [5, 5.41) is 7.38. The van der Waals surface area contributed by atoms with Gasteiger partial charge in [-0.25, -0.2) is 0 Å². The van der Waals surface area contributed by atoms with Crippen molar-refractivity contribution in [3.05, 3.63) is 17.5 Å². The van der Waals surface area contributed by atoms with Crippen molar-refractivity contribution < 1.29 is 4.79 Å². The first kappa shape index (κ1) is 14.7. The number of hydrogen-bond acceptors (Lipinski definition) is 2. The largest absolute Gasteiger partial charge is 0.353 e. The zero-order valence-corrected chi connectivity index (χ0v) is 12.0. The van der Waals surface area contributed by atoms with Crippen LogP contribution in [-0.4, -0.2) is 21.7 Å². The van der Waals surface area contributed by atoms with E-state index in [4.69, 9.17) is 0 Å². The molecule has 0 radical (unpaired) electrons. The summed E-state index contributed by atoms with van der Waals surface area (Å²) in [6.07, 6.45) is 4.75. The lowest BCUT2D eigenvalue weighted by Gasteiger charge is -2.17. The molecule has 0 aliphatic rings. The topological polar surface area (TPSA) is 46.9 Å². The Labute approximate surface area is 110 Å². The Morgan fingerprint density at radius 2 is 2.00 bits per heavy atom. The van der Waals surface area contributed by atoms with Crippen LogP contribution >= 0.6 is 0 Å². The van der Waals surface area contributed by atoms with Crippen LogP contribution in [0.2, 0.25) is 0 Å². The van der Waals surface area contributed by atoms with Crippen LogP contribution in [0.4, 0.5) is 0 Å². The number of carbonyl (C=O) groups excluding carboxylic acids is 1. The van der Waals surface area contributed by atoms with Gasteiger partial charge < -0.3 is 5.32 Å². The monoisotopic (exact) mass is 251 g/mol. The summed E-state index contributed by atoms with van der Waals surface area (Å²) in [7, 11) is 1.88. The Morgan fingerprint density at radius 3 is 2.44 bits per heavy atom. The van der Waals surface area contributed by atoms with Gasteiger partial charge in [0.05, 0.1) is 12.1 Å². The van der Waals surface area contributed by atoms with Crippen LogP contribution in [0.15, 0.2) is 6.07 Å². The van der Waals surface area contributed by atoms with E-state index < -0.39 is 0 Å². The minimum atomic E-state index is 0.102. The fraction of sp³-hybridized carbons (Fsp3) is 0.714. The Kier molecular flexibility index (Phi) is 5.89. The number of nitrogens with zero attached hydrogens (tertiary/aromatic N) is 2. The fourth-order valence-corrected chi connectivity index (χ4v) is 2.26. The number of carbonyl (C=O) groups is 1. The smallest absolute Gasteiger partial charge is 0.226 e. The molecule has 102 valence electrons. The van der Waals surface area contributed by atoms with E-state index in [1.807, 2.05) is 20.0 Å². The summed E-state index contributed by atoms with van der Waals surface area (Å²) in [5.41, 5.74) is 1.93. The number of aromatic nitrogens is 2. The van der Waals surface area contributed by atoms with Crippen molar-refractivity contribution in [2.45, 2.75) is 58.9 Å². The highest BCUT2D eigenvalue weighted by Crippen LogP contribution is 2.06. The van der Waals surface area contributed by atoms with Crippen molar-refractivity contribution in [1.82, 2.24) is 15.1 Å². The van der Waals surface area contributed by atoms with Gasteiger partial charge in [-0.3, -0.25) is 9.48 Å². The molecule has 4 heteroatoms. The maximum Gasteiger partial charge on any atom is 0.226 e. The van der Waals surface area contributed by atoms with Crippen molar-refractivity contribution in [1.29, 1.82) is 0 Å². The number of amides is 1. The first-order chi connectivity index (χ1) is 8.56. The van der Waals surface area contributed by atoms with Gasteiger partial charge in [-0.1, -0.05) is 26.7 Å². The second-order valence-corrected chi connectivity index (χ2v) is 4.92. The SMILES string of the molecule is CCCC(CCC)NC(=O)Cc1cc(C)nn1C. The molecule has 18 heavy (non-hydrogen) atoms. The average molecular weight is 251 g/mol. The highest BCUT2D eigenvalue weighted by Gasteiger charge is 2.13. The second kappa shape index (κ2) is 7.19. The summed E-state index contributed by atoms with van der Waals surface area (Å²) >= 11 is 0. The van der Waals surface area contributed by atoms with Crippen LogP contribution in [0.1, 0.15) is 50.9 Å². The molecule has 0 atom stereocenters. The maximum atomic E-state index is 12.0. The molecule has 1 rings (SSSR count). The molecule has 1 amide bonds. The summed E-state index contributed by atoms with van der Waals surface area (Å²) in [6.45, 7) is 6.25. The minimum absolute atomic E-state index is 0.102. The molecule has 0 saturated heterocycles. The third-order valence-electron chi connectivity index (χ3n) is 3.08. The number of aryl methyl sites for hydroxylation is 2. The van der Waals surface area contributed by atoms with Crippen LogP contribution in [0.25, 0.3) is 0 Å². The van der Waals surface area contributed by atoms with Gasteiger partial charge in [0, 0.05) is 18.8 Å². The molecule has 1 aromatic heterocycles. The highest BCUT2D eigenvalue weighted by atomic mass is 16.1. The van der Waals surface area contributed by atoms with Crippen molar-refractivity contribution >= 4 is 5.91 Å². The molecular formula is C14H25N3O. The normalized spacial score (nSPS) is 10.9. The predicted octanol–water partition coefficient (Wildman–Crippen LogP) is 2.36. The summed E-state index contributed by atoms with van der Waals surface area (Å²) < 4.78 is 1.78. The molecular weight excluding hydrogens is 226 g/mol. The quantitative estimate of drug-likeness (QED) is 0.808. The average Bonchev–Trinajstić information content (AvgIpc) is 2.58. The van der Waals surface area contributed by atoms with Crippen molar-refractivity contribution in [3.63, 3.8) is 0 Å². The Balaban J connectivity index is 2.51. The van der Waals surface area contributed by atoms with Crippen LogP contribution in [0.3, 0.4) is 0 Å². The number of hydrogen-bond donors (Lipinski definition) is 1. The highest BCUT2D eigenvalue weighted by molar-refractivity contribution is 5.78. The van der Waals surface area contributed by atoms with Gasteiger partial charge in [-0.05, 0) is 25.8 Å². The van der Waals surface area contributed by atoms with E-state index in [9.17, 15) is 4.79 Å². The lowest BCUT2D eigenvalue weighted by atomic mass is 10.1. The maximum absolute atomic E-state index is 12.0. The molecule has 0 fully saturated rings. The molecule has 0 unspecified atom stereocenters. The summed E-state index contributed by atoms with van der Waals surface area (Å²) in [6, 6.07) is 2.29. The Bertz CT molecular complexity index is 378. The predicted molar refractivity (Wildman–Crippen MR) is 73.4 cm³/mol. The van der Waals surface area contributed by atoms with Crippen molar-refractivity contribution in [3.8, 4) is 0 Å².